The van der Waals surface area contributed by atoms with Gasteiger partial charge in [0.25, 0.3) is 0 Å². The van der Waals surface area contributed by atoms with Crippen LogP contribution in [0.15, 0.2) is 4.99 Å². The Morgan fingerprint density at radius 2 is 1.95 bits per heavy atom. The van der Waals surface area contributed by atoms with Crippen molar-refractivity contribution in [3.8, 4) is 0 Å². The first kappa shape index (κ1) is 20.0. The lowest BCUT2D eigenvalue weighted by atomic mass is 10.1. The molecule has 0 radical (unpaired) electrons. The molecule has 0 amide bonds. The van der Waals surface area contributed by atoms with Crippen molar-refractivity contribution in [1.29, 1.82) is 0 Å². The van der Waals surface area contributed by atoms with Crippen molar-refractivity contribution in [1.82, 2.24) is 10.2 Å². The number of aliphatic imine (C=N–C) groups is 1. The lowest BCUT2D eigenvalue weighted by molar-refractivity contribution is 0.0486. The maximum Gasteiger partial charge on any atom is 0.194 e. The lowest BCUT2D eigenvalue weighted by Gasteiger charge is -2.21. The van der Waals surface area contributed by atoms with Gasteiger partial charge in [-0.25, -0.2) is 0 Å². The van der Waals surface area contributed by atoms with Crippen LogP contribution in [0.1, 0.15) is 51.9 Å². The van der Waals surface area contributed by atoms with Gasteiger partial charge in [0, 0.05) is 19.6 Å². The van der Waals surface area contributed by atoms with E-state index in [1.165, 1.54) is 38.5 Å². The zero-order valence-corrected chi connectivity index (χ0v) is 16.1. The summed E-state index contributed by atoms with van der Waals surface area (Å²) in [5, 5.41) is 12.9. The van der Waals surface area contributed by atoms with Gasteiger partial charge in [-0.3, -0.25) is 4.99 Å². The first-order valence-electron chi connectivity index (χ1n) is 8.62. The number of guanidine groups is 1. The zero-order valence-electron chi connectivity index (χ0n) is 13.8. The van der Waals surface area contributed by atoms with E-state index in [0.29, 0.717) is 25.8 Å². The second kappa shape index (κ2) is 11.5. The predicted molar refractivity (Wildman–Crippen MR) is 101 cm³/mol. The molecule has 0 bridgehead atoms. The Labute approximate surface area is 151 Å². The lowest BCUT2D eigenvalue weighted by Crippen LogP contribution is -2.40. The number of nitrogens with one attached hydrogen (secondary N) is 1. The molecule has 1 saturated carbocycles. The van der Waals surface area contributed by atoms with E-state index in [0.717, 1.165) is 25.5 Å². The minimum atomic E-state index is -0.212. The van der Waals surface area contributed by atoms with Crippen LogP contribution in [0.25, 0.3) is 0 Å². The van der Waals surface area contributed by atoms with Crippen LogP contribution >= 0.6 is 24.0 Å². The molecule has 2 aliphatic rings. The van der Waals surface area contributed by atoms with Crippen LogP contribution in [-0.4, -0.2) is 61.0 Å². The van der Waals surface area contributed by atoms with Gasteiger partial charge in [0.05, 0.1) is 25.4 Å². The van der Waals surface area contributed by atoms with Crippen molar-refractivity contribution < 1.29 is 9.84 Å². The SMILES string of the molecule is CCNC(=NCCOC1CCCCCC1)N1CC[C@@H](O)C1.I. The maximum absolute atomic E-state index is 9.64. The zero-order chi connectivity index (χ0) is 14.9. The fourth-order valence-corrected chi connectivity index (χ4v) is 3.14. The Kier molecular flexibility index (Phi) is 10.4. The van der Waals surface area contributed by atoms with Gasteiger partial charge >= 0.3 is 0 Å². The van der Waals surface area contributed by atoms with Gasteiger partial charge in [0.15, 0.2) is 5.96 Å². The standard InChI is InChI=1S/C16H31N3O2.HI/c1-2-17-16(19-11-9-14(20)13-19)18-10-12-21-15-7-5-3-4-6-8-15;/h14-15,20H,2-13H2,1H3,(H,17,18);1H/t14-;/m1./s1. The van der Waals surface area contributed by atoms with Crippen LogP contribution in [0.4, 0.5) is 0 Å². The van der Waals surface area contributed by atoms with Gasteiger partial charge in [-0.1, -0.05) is 25.7 Å². The minimum absolute atomic E-state index is 0. The molecule has 0 unspecified atom stereocenters. The Balaban J connectivity index is 0.00000242. The smallest absolute Gasteiger partial charge is 0.194 e. The normalized spacial score (nSPS) is 24.0. The third-order valence-electron chi connectivity index (χ3n) is 4.31. The third kappa shape index (κ3) is 7.00. The molecule has 22 heavy (non-hydrogen) atoms. The summed E-state index contributed by atoms with van der Waals surface area (Å²) in [7, 11) is 0. The molecular formula is C16H32IN3O2. The minimum Gasteiger partial charge on any atom is -0.391 e. The number of hydrogen-bond donors (Lipinski definition) is 2. The molecule has 1 heterocycles. The summed E-state index contributed by atoms with van der Waals surface area (Å²) in [6.07, 6.45) is 8.83. The molecule has 130 valence electrons. The Bertz CT molecular complexity index is 321. The first-order chi connectivity index (χ1) is 10.3. The average Bonchev–Trinajstić information content (AvgIpc) is 2.75. The fraction of sp³-hybridized carbons (Fsp3) is 0.938. The summed E-state index contributed by atoms with van der Waals surface area (Å²) in [4.78, 5) is 6.77. The maximum atomic E-state index is 9.64. The van der Waals surface area contributed by atoms with Crippen molar-refractivity contribution in [2.45, 2.75) is 64.1 Å². The summed E-state index contributed by atoms with van der Waals surface area (Å²) in [5.41, 5.74) is 0. The molecule has 1 aliphatic carbocycles. The number of aliphatic hydroxyl groups is 1. The topological polar surface area (TPSA) is 57.1 Å². The first-order valence-corrected chi connectivity index (χ1v) is 8.62. The molecule has 0 aromatic heterocycles. The van der Waals surface area contributed by atoms with E-state index in [1.54, 1.807) is 0 Å². The van der Waals surface area contributed by atoms with Crippen molar-refractivity contribution in [3.63, 3.8) is 0 Å². The highest BCUT2D eigenvalue weighted by Gasteiger charge is 2.22. The van der Waals surface area contributed by atoms with Crippen LogP contribution in [0, 0.1) is 0 Å². The molecule has 2 rings (SSSR count). The molecule has 0 spiro atoms. The molecule has 5 nitrogen and oxygen atoms in total. The van der Waals surface area contributed by atoms with Crippen LogP contribution < -0.4 is 5.32 Å². The fourth-order valence-electron chi connectivity index (χ4n) is 3.14. The Morgan fingerprint density at radius 3 is 2.55 bits per heavy atom. The van der Waals surface area contributed by atoms with E-state index in [9.17, 15) is 5.11 Å². The van der Waals surface area contributed by atoms with Crippen molar-refractivity contribution in [3.05, 3.63) is 0 Å². The van der Waals surface area contributed by atoms with E-state index in [4.69, 9.17) is 4.74 Å². The van der Waals surface area contributed by atoms with Gasteiger partial charge in [0.1, 0.15) is 0 Å². The number of hydrogen-bond acceptors (Lipinski definition) is 3. The highest BCUT2D eigenvalue weighted by molar-refractivity contribution is 14.0. The predicted octanol–water partition coefficient (Wildman–Crippen LogP) is 2.38. The molecule has 1 atom stereocenters. The Hall–Kier alpha value is -0.0800. The van der Waals surface area contributed by atoms with Gasteiger partial charge in [-0.2, -0.15) is 0 Å². The van der Waals surface area contributed by atoms with Crippen molar-refractivity contribution in [2.24, 2.45) is 4.99 Å². The number of nitrogens with zero attached hydrogens (tertiary/aromatic N) is 2. The molecule has 6 heteroatoms. The van der Waals surface area contributed by atoms with Gasteiger partial charge in [-0.05, 0) is 26.2 Å². The molecule has 0 aromatic rings. The number of halogens is 1. The average molecular weight is 425 g/mol. The highest BCUT2D eigenvalue weighted by atomic mass is 127. The van der Waals surface area contributed by atoms with Crippen molar-refractivity contribution >= 4 is 29.9 Å². The number of aliphatic hydroxyl groups excluding tert-OH is 1. The summed E-state index contributed by atoms with van der Waals surface area (Å²) in [5.74, 6) is 0.915. The summed E-state index contributed by atoms with van der Waals surface area (Å²) >= 11 is 0. The number of rotatable bonds is 5. The van der Waals surface area contributed by atoms with Crippen LogP contribution in [-0.2, 0) is 4.74 Å². The van der Waals surface area contributed by atoms with Crippen molar-refractivity contribution in [2.75, 3.05) is 32.8 Å². The van der Waals surface area contributed by atoms with Crippen LogP contribution in [0.5, 0.6) is 0 Å². The summed E-state index contributed by atoms with van der Waals surface area (Å²) in [6.45, 7) is 5.91. The van der Waals surface area contributed by atoms with Gasteiger partial charge in [0.2, 0.25) is 0 Å². The largest absolute Gasteiger partial charge is 0.391 e. The molecule has 1 aliphatic heterocycles. The van der Waals surface area contributed by atoms with Gasteiger partial charge in [-0.15, -0.1) is 24.0 Å². The molecule has 2 N–H and O–H groups in total. The highest BCUT2D eigenvalue weighted by Crippen LogP contribution is 2.19. The molecule has 1 saturated heterocycles. The van der Waals surface area contributed by atoms with Crippen LogP contribution in [0.3, 0.4) is 0 Å². The molecule has 0 aromatic carbocycles. The van der Waals surface area contributed by atoms with E-state index >= 15 is 0 Å². The number of β-amino-alcohol motifs (C(OH)–C–C–N with tert-alkyl or cyclic N) is 1. The number of ether oxygens (including phenoxy) is 1. The molecule has 2 fully saturated rings. The summed E-state index contributed by atoms with van der Waals surface area (Å²) < 4.78 is 5.97. The molecular weight excluding hydrogens is 393 g/mol. The van der Waals surface area contributed by atoms with E-state index < -0.39 is 0 Å². The van der Waals surface area contributed by atoms with E-state index in [2.05, 4.69) is 22.1 Å². The Morgan fingerprint density at radius 1 is 1.23 bits per heavy atom. The van der Waals surface area contributed by atoms with Crippen LogP contribution in [0.2, 0.25) is 0 Å². The quantitative estimate of drug-likeness (QED) is 0.234. The monoisotopic (exact) mass is 425 g/mol. The van der Waals surface area contributed by atoms with E-state index in [1.807, 2.05) is 0 Å². The second-order valence-electron chi connectivity index (χ2n) is 6.11. The van der Waals surface area contributed by atoms with E-state index in [-0.39, 0.29) is 30.1 Å². The third-order valence-corrected chi connectivity index (χ3v) is 4.31. The summed E-state index contributed by atoms with van der Waals surface area (Å²) in [6, 6.07) is 0. The number of likely N-dealkylation sites (tertiary alicyclic amines) is 1. The van der Waals surface area contributed by atoms with Gasteiger partial charge < -0.3 is 20.1 Å². The second-order valence-corrected chi connectivity index (χ2v) is 6.11.